The van der Waals surface area contributed by atoms with Crippen LogP contribution in [0.3, 0.4) is 0 Å². The number of pyridine rings is 1. The molecule has 0 aliphatic rings. The molecule has 0 bridgehead atoms. The molecule has 0 radical (unpaired) electrons. The van der Waals surface area contributed by atoms with Gasteiger partial charge in [0.1, 0.15) is 5.75 Å². The molecule has 0 spiro atoms. The minimum absolute atomic E-state index is 0.0186. The van der Waals surface area contributed by atoms with Crippen molar-refractivity contribution in [3.05, 3.63) is 113 Å². The van der Waals surface area contributed by atoms with Gasteiger partial charge in [-0.15, -0.1) is 0 Å². The Hall–Kier alpha value is -6.24. The lowest BCUT2D eigenvalue weighted by Gasteiger charge is -2.27. The van der Waals surface area contributed by atoms with Crippen molar-refractivity contribution in [2.75, 3.05) is 36.7 Å². The highest BCUT2D eigenvalue weighted by Crippen LogP contribution is 2.27. The van der Waals surface area contributed by atoms with Crippen LogP contribution in [-0.4, -0.2) is 70.5 Å². The molecule has 48 heavy (non-hydrogen) atoms. The van der Waals surface area contributed by atoms with E-state index in [9.17, 15) is 29.1 Å². The molecule has 0 fully saturated rings. The van der Waals surface area contributed by atoms with Gasteiger partial charge in [0, 0.05) is 24.7 Å². The number of nitrogens with zero attached hydrogens (tertiary/aromatic N) is 2. The second kappa shape index (κ2) is 15.9. The zero-order valence-corrected chi connectivity index (χ0v) is 26.5. The number of carbonyl (C=O) groups is 5. The van der Waals surface area contributed by atoms with E-state index in [-0.39, 0.29) is 29.9 Å². The third-order valence-electron chi connectivity index (χ3n) is 7.46. The molecule has 13 nitrogen and oxygen atoms in total. The van der Waals surface area contributed by atoms with Crippen LogP contribution < -0.4 is 20.7 Å². The van der Waals surface area contributed by atoms with Crippen molar-refractivity contribution in [1.29, 1.82) is 0 Å². The Labute approximate surface area is 276 Å². The summed E-state index contributed by atoms with van der Waals surface area (Å²) in [6.45, 7) is 1.87. The second-order valence-corrected chi connectivity index (χ2v) is 10.9. The number of carbonyl (C=O) groups excluding carboxylic acids is 3. The smallest absolute Gasteiger partial charge is 0.335 e. The average molecular weight is 654 g/mol. The van der Waals surface area contributed by atoms with E-state index >= 15 is 0 Å². The standard InChI is InChI=1S/C35H35N5O8/c1-21-6-4-5-7-27(21)38-35(47)39-29-14-8-22(17-31(29)48-3)16-26(41)20-36-25-13-15-28(37-19-25)30(18-32(42)43)40(2)33(44)23-9-11-24(12-10-23)34(45)46/h4-15,17,19,30,36H,16,18,20H2,1-3H3,(H,42,43)(H,45,46)(H2,38,39,47). The van der Waals surface area contributed by atoms with Crippen LogP contribution in [0.1, 0.15) is 50.0 Å². The lowest BCUT2D eigenvalue weighted by atomic mass is 10.1. The van der Waals surface area contributed by atoms with E-state index in [4.69, 9.17) is 9.84 Å². The summed E-state index contributed by atoms with van der Waals surface area (Å²) in [6.07, 6.45) is 1.12. The number of anilines is 3. The van der Waals surface area contributed by atoms with Gasteiger partial charge >= 0.3 is 18.0 Å². The number of amides is 3. The number of rotatable bonds is 14. The topological polar surface area (TPSA) is 187 Å². The maximum Gasteiger partial charge on any atom is 0.335 e. The Balaban J connectivity index is 1.34. The van der Waals surface area contributed by atoms with Gasteiger partial charge < -0.3 is 35.8 Å². The van der Waals surface area contributed by atoms with Crippen molar-refractivity contribution in [2.24, 2.45) is 0 Å². The van der Waals surface area contributed by atoms with Gasteiger partial charge in [0.15, 0.2) is 5.78 Å². The summed E-state index contributed by atoms with van der Waals surface area (Å²) in [5.41, 5.74) is 3.76. The van der Waals surface area contributed by atoms with Crippen LogP contribution in [0.25, 0.3) is 0 Å². The maximum absolute atomic E-state index is 13.1. The van der Waals surface area contributed by atoms with Crippen molar-refractivity contribution in [3.8, 4) is 5.75 Å². The van der Waals surface area contributed by atoms with Gasteiger partial charge in [-0.05, 0) is 72.6 Å². The molecule has 1 unspecified atom stereocenters. The summed E-state index contributed by atoms with van der Waals surface area (Å²) in [6, 6.07) is 19.6. The molecule has 0 saturated heterocycles. The summed E-state index contributed by atoms with van der Waals surface area (Å²) in [5.74, 6) is -2.51. The Morgan fingerprint density at radius 2 is 1.56 bits per heavy atom. The minimum Gasteiger partial charge on any atom is -0.495 e. The Kier molecular flexibility index (Phi) is 11.4. The predicted octanol–water partition coefficient (Wildman–Crippen LogP) is 5.25. The van der Waals surface area contributed by atoms with Crippen LogP contribution in [0.15, 0.2) is 85.1 Å². The molecule has 0 aliphatic carbocycles. The molecule has 4 rings (SSSR count). The number of ketones is 1. The zero-order valence-electron chi connectivity index (χ0n) is 26.5. The molecule has 4 aromatic rings. The monoisotopic (exact) mass is 653 g/mol. The normalized spacial score (nSPS) is 11.1. The molecule has 3 aromatic carbocycles. The summed E-state index contributed by atoms with van der Waals surface area (Å²) < 4.78 is 5.44. The highest BCUT2D eigenvalue weighted by atomic mass is 16.5. The van der Waals surface area contributed by atoms with Crippen molar-refractivity contribution in [2.45, 2.75) is 25.8 Å². The fraction of sp³-hybridized carbons (Fsp3) is 0.200. The largest absolute Gasteiger partial charge is 0.495 e. The summed E-state index contributed by atoms with van der Waals surface area (Å²) in [7, 11) is 2.92. The number of carboxylic acids is 2. The molecular weight excluding hydrogens is 618 g/mol. The number of aryl methyl sites for hydroxylation is 1. The Morgan fingerprint density at radius 3 is 2.19 bits per heavy atom. The summed E-state index contributed by atoms with van der Waals surface area (Å²) in [5, 5.41) is 27.2. The third kappa shape index (κ3) is 9.16. The predicted molar refractivity (Wildman–Crippen MR) is 179 cm³/mol. The molecule has 3 amide bonds. The van der Waals surface area contributed by atoms with E-state index in [1.165, 1.54) is 49.5 Å². The van der Waals surface area contributed by atoms with E-state index in [0.29, 0.717) is 34.1 Å². The number of aromatic nitrogens is 1. The third-order valence-corrected chi connectivity index (χ3v) is 7.46. The van der Waals surface area contributed by atoms with E-state index < -0.39 is 36.3 Å². The molecule has 1 aromatic heterocycles. The van der Waals surface area contributed by atoms with Gasteiger partial charge in [-0.3, -0.25) is 19.4 Å². The lowest BCUT2D eigenvalue weighted by Crippen LogP contribution is -2.33. The number of nitrogens with one attached hydrogen (secondary N) is 3. The van der Waals surface area contributed by atoms with Gasteiger partial charge in [0.25, 0.3) is 5.91 Å². The molecule has 1 heterocycles. The van der Waals surface area contributed by atoms with Crippen molar-refractivity contribution >= 4 is 46.7 Å². The van der Waals surface area contributed by atoms with Gasteiger partial charge in [0.05, 0.1) is 54.9 Å². The maximum atomic E-state index is 13.1. The van der Waals surface area contributed by atoms with Crippen LogP contribution in [0.2, 0.25) is 0 Å². The second-order valence-electron chi connectivity index (χ2n) is 10.9. The van der Waals surface area contributed by atoms with Crippen molar-refractivity contribution < 1.29 is 38.9 Å². The first-order valence-corrected chi connectivity index (χ1v) is 14.8. The number of aromatic carboxylic acids is 1. The number of urea groups is 1. The number of benzene rings is 3. The highest BCUT2D eigenvalue weighted by Gasteiger charge is 2.26. The molecule has 0 aliphatic heterocycles. The summed E-state index contributed by atoms with van der Waals surface area (Å²) >= 11 is 0. The van der Waals surface area contributed by atoms with Crippen molar-refractivity contribution in [1.82, 2.24) is 9.88 Å². The number of ether oxygens (including phenoxy) is 1. The number of para-hydroxylation sites is 1. The zero-order chi connectivity index (χ0) is 34.8. The molecule has 248 valence electrons. The molecule has 1 atom stereocenters. The van der Waals surface area contributed by atoms with Gasteiger partial charge in [0.2, 0.25) is 0 Å². The quantitative estimate of drug-likeness (QED) is 0.120. The molecular formula is C35H35N5O8. The fourth-order valence-electron chi connectivity index (χ4n) is 4.84. The number of carboxylic acid groups (broad SMARTS) is 2. The summed E-state index contributed by atoms with van der Waals surface area (Å²) in [4.78, 5) is 66.8. The minimum atomic E-state index is -1.14. The lowest BCUT2D eigenvalue weighted by molar-refractivity contribution is -0.138. The number of Topliss-reactive ketones (excluding diaryl/α,β-unsaturated/α-hetero) is 1. The number of hydrogen-bond donors (Lipinski definition) is 5. The van der Waals surface area contributed by atoms with Crippen LogP contribution in [0, 0.1) is 6.92 Å². The fourth-order valence-corrected chi connectivity index (χ4v) is 4.84. The van der Waals surface area contributed by atoms with Gasteiger partial charge in [-0.1, -0.05) is 24.3 Å². The first-order valence-electron chi connectivity index (χ1n) is 14.8. The number of methoxy groups -OCH3 is 1. The Morgan fingerprint density at radius 1 is 0.875 bits per heavy atom. The van der Waals surface area contributed by atoms with E-state index in [1.807, 2.05) is 25.1 Å². The molecule has 5 N–H and O–H groups in total. The first kappa shape index (κ1) is 34.6. The van der Waals surface area contributed by atoms with E-state index in [1.54, 1.807) is 36.4 Å². The SMILES string of the molecule is COc1cc(CC(=O)CNc2ccc(C(CC(=O)O)N(C)C(=O)c3ccc(C(=O)O)cc3)nc2)ccc1NC(=O)Nc1ccccc1C. The van der Waals surface area contributed by atoms with E-state index in [0.717, 1.165) is 5.56 Å². The van der Waals surface area contributed by atoms with Crippen LogP contribution in [0.5, 0.6) is 5.75 Å². The average Bonchev–Trinajstić information content (AvgIpc) is 3.07. The van der Waals surface area contributed by atoms with Crippen LogP contribution in [0.4, 0.5) is 21.9 Å². The highest BCUT2D eigenvalue weighted by molar-refractivity contribution is 6.01. The molecule has 13 heteroatoms. The Bertz CT molecular complexity index is 1810. The van der Waals surface area contributed by atoms with Crippen molar-refractivity contribution in [3.63, 3.8) is 0 Å². The van der Waals surface area contributed by atoms with E-state index in [2.05, 4.69) is 20.9 Å². The number of hydrogen-bond acceptors (Lipinski definition) is 8. The molecule has 0 saturated carbocycles. The van der Waals surface area contributed by atoms with Gasteiger partial charge in [-0.2, -0.15) is 0 Å². The van der Waals surface area contributed by atoms with Crippen LogP contribution in [-0.2, 0) is 16.0 Å². The van der Waals surface area contributed by atoms with Crippen LogP contribution >= 0.6 is 0 Å². The number of aliphatic carboxylic acids is 1. The first-order chi connectivity index (χ1) is 22.9. The van der Waals surface area contributed by atoms with Gasteiger partial charge in [-0.25, -0.2) is 9.59 Å².